The van der Waals surface area contributed by atoms with Crippen LogP contribution >= 0.6 is 27.3 Å². The zero-order valence-electron chi connectivity index (χ0n) is 11.0. The first kappa shape index (κ1) is 15.4. The first-order chi connectivity index (χ1) is 9.97. The van der Waals surface area contributed by atoms with Gasteiger partial charge < -0.3 is 9.47 Å². The van der Waals surface area contributed by atoms with Crippen LogP contribution in [0.25, 0.3) is 10.6 Å². The predicted molar refractivity (Wildman–Crippen MR) is 79.8 cm³/mol. The maximum Gasteiger partial charge on any atom is 0.351 e. The molecule has 0 saturated carbocycles. The summed E-state index contributed by atoms with van der Waals surface area (Å²) in [5.74, 6) is -0.274. The van der Waals surface area contributed by atoms with Crippen LogP contribution in [0.2, 0.25) is 0 Å². The average Bonchev–Trinajstić information content (AvgIpc) is 2.90. The van der Waals surface area contributed by atoms with Gasteiger partial charge in [0.25, 0.3) is 5.69 Å². The number of esters is 1. The van der Waals surface area contributed by atoms with Crippen molar-refractivity contribution in [2.24, 2.45) is 0 Å². The quantitative estimate of drug-likeness (QED) is 0.464. The van der Waals surface area contributed by atoms with Crippen molar-refractivity contribution < 1.29 is 19.2 Å². The van der Waals surface area contributed by atoms with Gasteiger partial charge in [-0.1, -0.05) is 0 Å². The summed E-state index contributed by atoms with van der Waals surface area (Å²) >= 11 is 4.17. The van der Waals surface area contributed by atoms with E-state index in [2.05, 4.69) is 25.7 Å². The van der Waals surface area contributed by atoms with E-state index >= 15 is 0 Å². The fourth-order valence-electron chi connectivity index (χ4n) is 1.64. The van der Waals surface area contributed by atoms with E-state index in [-0.39, 0.29) is 16.3 Å². The molecule has 7 nitrogen and oxygen atoms in total. The van der Waals surface area contributed by atoms with Crippen molar-refractivity contribution in [3.63, 3.8) is 0 Å². The third-order valence-corrected chi connectivity index (χ3v) is 4.09. The molecule has 0 amide bonds. The molecule has 0 bridgehead atoms. The molecule has 2 aromatic rings. The summed E-state index contributed by atoms with van der Waals surface area (Å²) < 4.78 is 10.2. The van der Waals surface area contributed by atoms with Gasteiger partial charge in [0.1, 0.15) is 5.75 Å². The van der Waals surface area contributed by atoms with Gasteiger partial charge in [0.2, 0.25) is 0 Å². The monoisotopic (exact) mass is 372 g/mol. The largest absolute Gasteiger partial charge is 0.495 e. The maximum atomic E-state index is 11.7. The van der Waals surface area contributed by atoms with E-state index in [1.54, 1.807) is 0 Å². The number of thiophene rings is 1. The molecule has 0 aliphatic carbocycles. The highest BCUT2D eigenvalue weighted by Gasteiger charge is 2.24. The van der Waals surface area contributed by atoms with Crippen LogP contribution in [-0.4, -0.2) is 30.1 Å². The number of rotatable bonds is 4. The summed E-state index contributed by atoms with van der Waals surface area (Å²) in [5, 5.41) is 11.1. The molecule has 2 aromatic heterocycles. The lowest BCUT2D eigenvalue weighted by Crippen LogP contribution is -1.99. The standard InChI is InChI=1S/C12H9BrN2O5S/c1-19-8-4-9(21-11(8)12(16)20-2)10-7(15(17)18)3-6(13)5-14-10/h3-5H,1-2H3. The van der Waals surface area contributed by atoms with Crippen LogP contribution < -0.4 is 4.74 Å². The Morgan fingerprint density at radius 1 is 1.43 bits per heavy atom. The zero-order chi connectivity index (χ0) is 15.6. The van der Waals surface area contributed by atoms with Crippen LogP contribution in [0, 0.1) is 10.1 Å². The number of pyridine rings is 1. The molecule has 110 valence electrons. The molecule has 0 aliphatic heterocycles. The first-order valence-electron chi connectivity index (χ1n) is 5.54. The molecule has 0 aliphatic rings. The molecule has 0 radical (unpaired) electrons. The van der Waals surface area contributed by atoms with Crippen molar-refractivity contribution in [1.82, 2.24) is 4.98 Å². The molecular formula is C12H9BrN2O5S. The van der Waals surface area contributed by atoms with Gasteiger partial charge in [-0.05, 0) is 15.9 Å². The van der Waals surface area contributed by atoms with Crippen LogP contribution in [0.15, 0.2) is 22.8 Å². The summed E-state index contributed by atoms with van der Waals surface area (Å²) in [5.41, 5.74) is 0.00588. The topological polar surface area (TPSA) is 91.6 Å². The number of nitro groups is 1. The lowest BCUT2D eigenvalue weighted by molar-refractivity contribution is -0.384. The average molecular weight is 373 g/mol. The Hall–Kier alpha value is -2.00. The van der Waals surface area contributed by atoms with Crippen molar-refractivity contribution >= 4 is 38.9 Å². The molecule has 2 heterocycles. The highest BCUT2D eigenvalue weighted by molar-refractivity contribution is 9.10. The molecule has 21 heavy (non-hydrogen) atoms. The van der Waals surface area contributed by atoms with Gasteiger partial charge in [0.05, 0.1) is 24.0 Å². The number of hydrogen-bond donors (Lipinski definition) is 0. The number of aromatic nitrogens is 1. The highest BCUT2D eigenvalue weighted by Crippen LogP contribution is 2.39. The molecule has 0 N–H and O–H groups in total. The second-order valence-electron chi connectivity index (χ2n) is 3.78. The number of carbonyl (C=O) groups excluding carboxylic acids is 1. The Kier molecular flexibility index (Phi) is 4.53. The minimum absolute atomic E-state index is 0.162. The molecular weight excluding hydrogens is 364 g/mol. The van der Waals surface area contributed by atoms with E-state index in [1.165, 1.54) is 32.5 Å². The number of halogens is 1. The molecule has 0 saturated heterocycles. The van der Waals surface area contributed by atoms with Crippen molar-refractivity contribution in [3.8, 4) is 16.3 Å². The van der Waals surface area contributed by atoms with E-state index in [0.717, 1.165) is 11.3 Å². The van der Waals surface area contributed by atoms with E-state index < -0.39 is 10.9 Å². The summed E-state index contributed by atoms with van der Waals surface area (Å²) in [4.78, 5) is 27.0. The number of methoxy groups -OCH3 is 2. The molecule has 0 spiro atoms. The van der Waals surface area contributed by atoms with E-state index in [0.29, 0.717) is 15.1 Å². The Morgan fingerprint density at radius 2 is 2.14 bits per heavy atom. The molecule has 0 atom stereocenters. The van der Waals surface area contributed by atoms with Gasteiger partial charge in [0.15, 0.2) is 10.6 Å². The van der Waals surface area contributed by atoms with E-state index in [1.807, 2.05) is 0 Å². The Balaban J connectivity index is 2.60. The second kappa shape index (κ2) is 6.19. The van der Waals surface area contributed by atoms with Gasteiger partial charge >= 0.3 is 5.97 Å². The molecule has 0 unspecified atom stereocenters. The van der Waals surface area contributed by atoms with Gasteiger partial charge in [-0.25, -0.2) is 9.78 Å². The highest BCUT2D eigenvalue weighted by atomic mass is 79.9. The van der Waals surface area contributed by atoms with Crippen LogP contribution in [0.3, 0.4) is 0 Å². The maximum absolute atomic E-state index is 11.7. The first-order valence-corrected chi connectivity index (χ1v) is 7.15. The van der Waals surface area contributed by atoms with E-state index in [4.69, 9.17) is 4.74 Å². The van der Waals surface area contributed by atoms with Crippen LogP contribution in [0.4, 0.5) is 5.69 Å². The summed E-state index contributed by atoms with van der Waals surface area (Å²) in [6.07, 6.45) is 1.45. The Bertz CT molecular complexity index is 716. The van der Waals surface area contributed by atoms with Crippen LogP contribution in [0.5, 0.6) is 5.75 Å². The van der Waals surface area contributed by atoms with Gasteiger partial charge in [0, 0.05) is 22.8 Å². The fourth-order valence-corrected chi connectivity index (χ4v) is 3.00. The predicted octanol–water partition coefficient (Wildman–Crippen LogP) is 3.28. The minimum Gasteiger partial charge on any atom is -0.495 e. The number of nitrogens with zero attached hydrogens (tertiary/aromatic N) is 2. The second-order valence-corrected chi connectivity index (χ2v) is 5.75. The lowest BCUT2D eigenvalue weighted by Gasteiger charge is -1.99. The normalized spacial score (nSPS) is 10.2. The van der Waals surface area contributed by atoms with Gasteiger partial charge in [-0.2, -0.15) is 0 Å². The van der Waals surface area contributed by atoms with Crippen molar-refractivity contribution in [3.05, 3.63) is 37.8 Å². The molecule has 9 heteroatoms. The van der Waals surface area contributed by atoms with Gasteiger partial charge in [-0.15, -0.1) is 11.3 Å². The Labute approximate surface area is 131 Å². The summed E-state index contributed by atoms with van der Waals surface area (Å²) in [6, 6.07) is 2.88. The SMILES string of the molecule is COC(=O)c1sc(-c2ncc(Br)cc2[N+](=O)[O-])cc1OC. The number of ether oxygens (including phenoxy) is 2. The summed E-state index contributed by atoms with van der Waals surface area (Å²) in [6.45, 7) is 0. The molecule has 2 rings (SSSR count). The number of hydrogen-bond acceptors (Lipinski definition) is 7. The van der Waals surface area contributed by atoms with Crippen molar-refractivity contribution in [2.75, 3.05) is 14.2 Å². The lowest BCUT2D eigenvalue weighted by atomic mass is 10.2. The molecule has 0 aromatic carbocycles. The van der Waals surface area contributed by atoms with Crippen molar-refractivity contribution in [2.45, 2.75) is 0 Å². The zero-order valence-corrected chi connectivity index (χ0v) is 13.4. The Morgan fingerprint density at radius 3 is 2.71 bits per heavy atom. The van der Waals surface area contributed by atoms with Crippen LogP contribution in [-0.2, 0) is 4.74 Å². The number of carbonyl (C=O) groups is 1. The minimum atomic E-state index is -0.567. The van der Waals surface area contributed by atoms with E-state index in [9.17, 15) is 14.9 Å². The van der Waals surface area contributed by atoms with Gasteiger partial charge in [-0.3, -0.25) is 10.1 Å². The third kappa shape index (κ3) is 3.03. The summed E-state index contributed by atoms with van der Waals surface area (Å²) in [7, 11) is 2.66. The van der Waals surface area contributed by atoms with Crippen molar-refractivity contribution in [1.29, 1.82) is 0 Å². The van der Waals surface area contributed by atoms with Crippen LogP contribution in [0.1, 0.15) is 9.67 Å². The smallest absolute Gasteiger partial charge is 0.351 e. The third-order valence-electron chi connectivity index (χ3n) is 2.55. The molecule has 0 fully saturated rings. The fraction of sp³-hybridized carbons (Fsp3) is 0.167.